The highest BCUT2D eigenvalue weighted by Gasteiger charge is 2.24. The average molecular weight is 473 g/mol. The number of thioether (sulfide) groups is 1. The maximum Gasteiger partial charge on any atom is 0.234 e. The molecule has 1 aromatic heterocycles. The predicted molar refractivity (Wildman–Crippen MR) is 126 cm³/mol. The Morgan fingerprint density at radius 1 is 1.03 bits per heavy atom. The fraction of sp³-hybridized carbons (Fsp3) is 0.286. The van der Waals surface area contributed by atoms with Gasteiger partial charge in [-0.15, -0.1) is 5.10 Å². The van der Waals surface area contributed by atoms with E-state index in [2.05, 4.69) is 20.3 Å². The van der Waals surface area contributed by atoms with Gasteiger partial charge < -0.3 is 10.2 Å². The summed E-state index contributed by atoms with van der Waals surface area (Å²) in [5, 5.41) is 7.89. The van der Waals surface area contributed by atoms with Gasteiger partial charge in [0, 0.05) is 26.2 Å². The minimum Gasteiger partial charge on any atom is -0.367 e. The zero-order valence-corrected chi connectivity index (χ0v) is 19.2. The summed E-state index contributed by atoms with van der Waals surface area (Å²) >= 11 is 1.27. The van der Waals surface area contributed by atoms with Crippen LogP contribution in [-0.4, -0.2) is 71.6 Å². The molecule has 0 radical (unpaired) electrons. The minimum absolute atomic E-state index is 0.159. The van der Waals surface area contributed by atoms with Gasteiger partial charge in [0.25, 0.3) is 0 Å². The lowest BCUT2D eigenvalue weighted by molar-refractivity contribution is -0.113. The first-order chi connectivity index (χ1) is 15.4. The molecule has 3 aromatic rings. The van der Waals surface area contributed by atoms with Crippen LogP contribution >= 0.6 is 11.8 Å². The van der Waals surface area contributed by atoms with Crippen LogP contribution in [0.3, 0.4) is 0 Å². The van der Waals surface area contributed by atoms with Crippen LogP contribution in [0.1, 0.15) is 0 Å². The number of para-hydroxylation sites is 3. The van der Waals surface area contributed by atoms with Gasteiger partial charge >= 0.3 is 0 Å². The van der Waals surface area contributed by atoms with Crippen LogP contribution in [0.25, 0.3) is 5.69 Å². The van der Waals surface area contributed by atoms with Crippen molar-refractivity contribution in [3.63, 3.8) is 0 Å². The number of carbonyl (C=O) groups is 1. The molecule has 9 nitrogen and oxygen atoms in total. The van der Waals surface area contributed by atoms with Crippen LogP contribution in [0.5, 0.6) is 0 Å². The Morgan fingerprint density at radius 3 is 2.44 bits per heavy atom. The zero-order chi connectivity index (χ0) is 22.6. The molecule has 1 fully saturated rings. The summed E-state index contributed by atoms with van der Waals surface area (Å²) in [6, 6.07) is 17.2. The van der Waals surface area contributed by atoms with Gasteiger partial charge in [0.05, 0.1) is 29.1 Å². The molecule has 168 valence electrons. The van der Waals surface area contributed by atoms with Gasteiger partial charge in [-0.05, 0) is 24.3 Å². The van der Waals surface area contributed by atoms with Gasteiger partial charge in [-0.1, -0.05) is 42.1 Å². The van der Waals surface area contributed by atoms with E-state index in [1.807, 2.05) is 54.6 Å². The van der Waals surface area contributed by atoms with Crippen molar-refractivity contribution in [2.24, 2.45) is 0 Å². The predicted octanol–water partition coefficient (Wildman–Crippen LogP) is 2.08. The third-order valence-corrected chi connectivity index (χ3v) is 7.21. The molecule has 4 rings (SSSR count). The maximum atomic E-state index is 12.6. The highest BCUT2D eigenvalue weighted by molar-refractivity contribution is 7.99. The quantitative estimate of drug-likeness (QED) is 0.526. The van der Waals surface area contributed by atoms with Crippen molar-refractivity contribution in [2.45, 2.75) is 5.16 Å². The van der Waals surface area contributed by atoms with E-state index in [1.165, 1.54) is 22.3 Å². The Balaban J connectivity index is 1.35. The Hall–Kier alpha value is -2.89. The molecule has 0 saturated carbocycles. The first-order valence-corrected chi connectivity index (χ1v) is 12.9. The Labute approximate surface area is 191 Å². The lowest BCUT2D eigenvalue weighted by Crippen LogP contribution is -2.48. The third-order valence-electron chi connectivity index (χ3n) is 5.05. The molecule has 0 aliphatic carbocycles. The SMILES string of the molecule is CS(=O)(=O)N1CCN(c2ccccc2NC(=O)CSc2ncn(-c3ccccc3)n2)CC1. The van der Waals surface area contributed by atoms with Crippen molar-refractivity contribution in [2.75, 3.05) is 48.4 Å². The molecule has 32 heavy (non-hydrogen) atoms. The van der Waals surface area contributed by atoms with Gasteiger partial charge in [-0.25, -0.2) is 18.1 Å². The molecule has 2 aromatic carbocycles. The molecule has 11 heteroatoms. The monoisotopic (exact) mass is 472 g/mol. The fourth-order valence-corrected chi connectivity index (χ4v) is 4.88. The Morgan fingerprint density at radius 2 is 1.72 bits per heavy atom. The highest BCUT2D eigenvalue weighted by atomic mass is 32.2. The summed E-state index contributed by atoms with van der Waals surface area (Å²) in [6.45, 7) is 1.98. The summed E-state index contributed by atoms with van der Waals surface area (Å²) in [4.78, 5) is 18.9. The number of piperazine rings is 1. The second kappa shape index (κ2) is 9.72. The molecule has 2 heterocycles. The Kier molecular flexibility index (Phi) is 6.77. The third kappa shape index (κ3) is 5.47. The molecule has 1 aliphatic rings. The van der Waals surface area contributed by atoms with Crippen molar-refractivity contribution >= 4 is 39.1 Å². The number of amides is 1. The van der Waals surface area contributed by atoms with Crippen LogP contribution in [0.15, 0.2) is 66.1 Å². The second-order valence-corrected chi connectivity index (χ2v) is 10.2. The highest BCUT2D eigenvalue weighted by Crippen LogP contribution is 2.27. The topological polar surface area (TPSA) is 100 Å². The molecular weight excluding hydrogens is 448 g/mol. The first kappa shape index (κ1) is 22.3. The van der Waals surface area contributed by atoms with E-state index in [0.29, 0.717) is 37.0 Å². The number of rotatable bonds is 7. The number of benzene rings is 2. The van der Waals surface area contributed by atoms with Gasteiger partial charge in [0.15, 0.2) is 0 Å². The van der Waals surface area contributed by atoms with E-state index in [-0.39, 0.29) is 11.7 Å². The molecule has 1 amide bonds. The second-order valence-electron chi connectivity index (χ2n) is 7.31. The number of sulfonamides is 1. The molecule has 0 spiro atoms. The first-order valence-electron chi connectivity index (χ1n) is 10.1. The van der Waals surface area contributed by atoms with Gasteiger partial charge in [-0.2, -0.15) is 4.31 Å². The molecule has 1 saturated heterocycles. The van der Waals surface area contributed by atoms with Gasteiger partial charge in [0.1, 0.15) is 6.33 Å². The molecular formula is C21H24N6O3S2. The Bertz CT molecular complexity index is 1180. The number of carbonyl (C=O) groups excluding carboxylic acids is 1. The zero-order valence-electron chi connectivity index (χ0n) is 17.6. The standard InChI is InChI=1S/C21H24N6O3S2/c1-32(29,30)26-13-11-25(12-14-26)19-10-6-5-9-18(19)23-20(28)15-31-21-22-16-27(24-21)17-7-3-2-4-8-17/h2-10,16H,11-15H2,1H3,(H,23,28). The number of hydrogen-bond acceptors (Lipinski definition) is 7. The van der Waals surface area contributed by atoms with Crippen molar-refractivity contribution in [3.8, 4) is 5.69 Å². The summed E-state index contributed by atoms with van der Waals surface area (Å²) in [6.07, 6.45) is 2.85. The minimum atomic E-state index is -3.19. The maximum absolute atomic E-state index is 12.6. The van der Waals surface area contributed by atoms with Crippen molar-refractivity contribution in [3.05, 3.63) is 60.9 Å². The van der Waals surface area contributed by atoms with Gasteiger partial charge in [0.2, 0.25) is 21.1 Å². The molecule has 1 N–H and O–H groups in total. The van der Waals surface area contributed by atoms with E-state index < -0.39 is 10.0 Å². The van der Waals surface area contributed by atoms with E-state index in [9.17, 15) is 13.2 Å². The van der Waals surface area contributed by atoms with Crippen LogP contribution in [0, 0.1) is 0 Å². The number of nitrogens with zero attached hydrogens (tertiary/aromatic N) is 5. The molecule has 0 atom stereocenters. The normalized spacial score (nSPS) is 15.0. The van der Waals surface area contributed by atoms with E-state index in [0.717, 1.165) is 11.4 Å². The van der Waals surface area contributed by atoms with E-state index >= 15 is 0 Å². The lowest BCUT2D eigenvalue weighted by Gasteiger charge is -2.35. The van der Waals surface area contributed by atoms with E-state index in [1.54, 1.807) is 11.0 Å². The van der Waals surface area contributed by atoms with Crippen molar-refractivity contribution in [1.29, 1.82) is 0 Å². The smallest absolute Gasteiger partial charge is 0.234 e. The summed E-state index contributed by atoms with van der Waals surface area (Å²) in [5.41, 5.74) is 2.49. The summed E-state index contributed by atoms with van der Waals surface area (Å²) in [7, 11) is -3.19. The summed E-state index contributed by atoms with van der Waals surface area (Å²) in [5.74, 6) is 0.0166. The lowest BCUT2D eigenvalue weighted by atomic mass is 10.2. The number of anilines is 2. The van der Waals surface area contributed by atoms with Crippen LogP contribution in [-0.2, 0) is 14.8 Å². The average Bonchev–Trinajstić information content (AvgIpc) is 3.27. The van der Waals surface area contributed by atoms with Crippen molar-refractivity contribution < 1.29 is 13.2 Å². The molecule has 0 bridgehead atoms. The van der Waals surface area contributed by atoms with Crippen LogP contribution < -0.4 is 10.2 Å². The number of hydrogen-bond donors (Lipinski definition) is 1. The summed E-state index contributed by atoms with van der Waals surface area (Å²) < 4.78 is 26.6. The van der Waals surface area contributed by atoms with Crippen molar-refractivity contribution in [1.82, 2.24) is 19.1 Å². The van der Waals surface area contributed by atoms with Crippen LogP contribution in [0.4, 0.5) is 11.4 Å². The fourth-order valence-electron chi connectivity index (χ4n) is 3.45. The van der Waals surface area contributed by atoms with E-state index in [4.69, 9.17) is 0 Å². The number of nitrogens with one attached hydrogen (secondary N) is 1. The largest absolute Gasteiger partial charge is 0.367 e. The van der Waals surface area contributed by atoms with Crippen LogP contribution in [0.2, 0.25) is 0 Å². The molecule has 0 unspecified atom stereocenters. The number of aromatic nitrogens is 3. The van der Waals surface area contributed by atoms with Gasteiger partial charge in [-0.3, -0.25) is 4.79 Å². The molecule has 1 aliphatic heterocycles.